The fraction of sp³-hybridized carbons (Fsp3) is 0.909. The maximum atomic E-state index is 4.37. The number of nitrogens with zero attached hydrogens (tertiary/aromatic N) is 1. The van der Waals surface area contributed by atoms with Crippen molar-refractivity contribution < 1.29 is 0 Å². The molecule has 0 spiro atoms. The number of rotatable bonds is 1. The Labute approximate surface area is 86.4 Å². The van der Waals surface area contributed by atoms with Gasteiger partial charge in [-0.25, -0.2) is 0 Å². The van der Waals surface area contributed by atoms with Crippen LogP contribution in [0.1, 0.15) is 39.0 Å². The SMILES string of the molecule is CC1CCCC(NC2=NCCN2)CC1. The molecule has 2 aliphatic rings. The van der Waals surface area contributed by atoms with Crippen molar-refractivity contribution in [3.8, 4) is 0 Å². The highest BCUT2D eigenvalue weighted by Gasteiger charge is 2.17. The Morgan fingerprint density at radius 2 is 2.21 bits per heavy atom. The van der Waals surface area contributed by atoms with E-state index in [1.54, 1.807) is 0 Å². The van der Waals surface area contributed by atoms with Gasteiger partial charge in [0.05, 0.1) is 6.54 Å². The largest absolute Gasteiger partial charge is 0.355 e. The quantitative estimate of drug-likeness (QED) is 0.622. The molecule has 80 valence electrons. The molecular formula is C11H21N3. The summed E-state index contributed by atoms with van der Waals surface area (Å²) in [6, 6.07) is 0.657. The van der Waals surface area contributed by atoms with E-state index in [2.05, 4.69) is 22.5 Å². The number of hydrogen-bond acceptors (Lipinski definition) is 3. The van der Waals surface area contributed by atoms with Crippen LogP contribution in [-0.4, -0.2) is 25.1 Å². The Morgan fingerprint density at radius 3 is 3.00 bits per heavy atom. The molecule has 0 bridgehead atoms. The van der Waals surface area contributed by atoms with Crippen LogP contribution in [0.2, 0.25) is 0 Å². The minimum atomic E-state index is 0.657. The fourth-order valence-corrected chi connectivity index (χ4v) is 2.32. The van der Waals surface area contributed by atoms with E-state index in [0.29, 0.717) is 6.04 Å². The molecule has 0 aromatic heterocycles. The van der Waals surface area contributed by atoms with Gasteiger partial charge >= 0.3 is 0 Å². The number of aliphatic imine (C=N–C) groups is 1. The van der Waals surface area contributed by atoms with Gasteiger partial charge in [0.1, 0.15) is 0 Å². The van der Waals surface area contributed by atoms with E-state index in [1.165, 1.54) is 32.1 Å². The number of hydrogen-bond donors (Lipinski definition) is 2. The second-order valence-electron chi connectivity index (χ2n) is 4.61. The standard InChI is InChI=1S/C11H21N3/c1-9-3-2-4-10(6-5-9)14-11-12-7-8-13-11/h9-10H,2-8H2,1H3,(H2,12,13,14). The molecule has 2 atom stereocenters. The monoisotopic (exact) mass is 195 g/mol. The van der Waals surface area contributed by atoms with Crippen LogP contribution in [0.5, 0.6) is 0 Å². The molecule has 14 heavy (non-hydrogen) atoms. The van der Waals surface area contributed by atoms with Crippen LogP contribution in [0.3, 0.4) is 0 Å². The van der Waals surface area contributed by atoms with E-state index in [9.17, 15) is 0 Å². The highest BCUT2D eigenvalue weighted by molar-refractivity contribution is 5.81. The van der Waals surface area contributed by atoms with E-state index in [-0.39, 0.29) is 0 Å². The van der Waals surface area contributed by atoms with Crippen molar-refractivity contribution in [3.63, 3.8) is 0 Å². The first-order valence-corrected chi connectivity index (χ1v) is 5.89. The summed E-state index contributed by atoms with van der Waals surface area (Å²) >= 11 is 0. The molecule has 2 N–H and O–H groups in total. The van der Waals surface area contributed by atoms with Crippen LogP contribution in [0, 0.1) is 5.92 Å². The summed E-state index contributed by atoms with van der Waals surface area (Å²) in [5.74, 6) is 1.95. The third-order valence-corrected chi connectivity index (χ3v) is 3.27. The van der Waals surface area contributed by atoms with E-state index in [0.717, 1.165) is 25.0 Å². The normalized spacial score (nSPS) is 33.1. The van der Waals surface area contributed by atoms with Crippen LogP contribution in [0.25, 0.3) is 0 Å². The number of nitrogens with one attached hydrogen (secondary N) is 2. The molecule has 0 aromatic rings. The van der Waals surface area contributed by atoms with Crippen molar-refractivity contribution in [1.29, 1.82) is 0 Å². The average Bonchev–Trinajstić information content (AvgIpc) is 2.58. The highest BCUT2D eigenvalue weighted by atomic mass is 15.2. The molecule has 0 aromatic carbocycles. The van der Waals surface area contributed by atoms with Gasteiger partial charge in [0, 0.05) is 12.6 Å². The lowest BCUT2D eigenvalue weighted by molar-refractivity contribution is 0.488. The summed E-state index contributed by atoms with van der Waals surface area (Å²) in [5, 5.41) is 6.79. The van der Waals surface area contributed by atoms with Crippen LogP contribution in [-0.2, 0) is 0 Å². The lowest BCUT2D eigenvalue weighted by atomic mass is 10.0. The predicted molar refractivity (Wildman–Crippen MR) is 59.5 cm³/mol. The molecular weight excluding hydrogens is 174 g/mol. The van der Waals surface area contributed by atoms with Crippen molar-refractivity contribution in [2.24, 2.45) is 10.9 Å². The maximum Gasteiger partial charge on any atom is 0.191 e. The predicted octanol–water partition coefficient (Wildman–Crippen LogP) is 1.50. The summed E-state index contributed by atoms with van der Waals surface area (Å²) < 4.78 is 0. The van der Waals surface area contributed by atoms with Crippen LogP contribution >= 0.6 is 0 Å². The highest BCUT2D eigenvalue weighted by Crippen LogP contribution is 2.22. The zero-order valence-electron chi connectivity index (χ0n) is 9.05. The van der Waals surface area contributed by atoms with Gasteiger partial charge in [-0.05, 0) is 25.2 Å². The van der Waals surface area contributed by atoms with E-state index < -0.39 is 0 Å². The van der Waals surface area contributed by atoms with Gasteiger partial charge < -0.3 is 10.6 Å². The summed E-state index contributed by atoms with van der Waals surface area (Å²) in [5.41, 5.74) is 0. The molecule has 2 unspecified atom stereocenters. The van der Waals surface area contributed by atoms with Gasteiger partial charge in [0.25, 0.3) is 0 Å². The average molecular weight is 195 g/mol. The minimum Gasteiger partial charge on any atom is -0.355 e. The molecule has 0 radical (unpaired) electrons. The fourth-order valence-electron chi connectivity index (χ4n) is 2.32. The van der Waals surface area contributed by atoms with Crippen molar-refractivity contribution in [2.45, 2.75) is 45.1 Å². The summed E-state index contributed by atoms with van der Waals surface area (Å²) in [7, 11) is 0. The van der Waals surface area contributed by atoms with Crippen molar-refractivity contribution in [2.75, 3.05) is 13.1 Å². The third-order valence-electron chi connectivity index (χ3n) is 3.27. The van der Waals surface area contributed by atoms with Gasteiger partial charge in [0.15, 0.2) is 5.96 Å². The lowest BCUT2D eigenvalue weighted by Crippen LogP contribution is -2.40. The van der Waals surface area contributed by atoms with Crippen molar-refractivity contribution >= 4 is 5.96 Å². The first kappa shape index (κ1) is 9.81. The Balaban J connectivity index is 1.79. The van der Waals surface area contributed by atoms with Gasteiger partial charge in [-0.1, -0.05) is 19.8 Å². The van der Waals surface area contributed by atoms with E-state index >= 15 is 0 Å². The van der Waals surface area contributed by atoms with Crippen molar-refractivity contribution in [3.05, 3.63) is 0 Å². The van der Waals surface area contributed by atoms with E-state index in [1.807, 2.05) is 0 Å². The topological polar surface area (TPSA) is 36.4 Å². The third kappa shape index (κ3) is 2.63. The van der Waals surface area contributed by atoms with Gasteiger partial charge in [0.2, 0.25) is 0 Å². The Morgan fingerprint density at radius 1 is 1.29 bits per heavy atom. The Bertz CT molecular complexity index is 213. The number of guanidine groups is 1. The van der Waals surface area contributed by atoms with Gasteiger partial charge in [-0.2, -0.15) is 0 Å². The molecule has 0 saturated heterocycles. The second kappa shape index (κ2) is 4.67. The molecule has 3 nitrogen and oxygen atoms in total. The minimum absolute atomic E-state index is 0.657. The molecule has 0 amide bonds. The maximum absolute atomic E-state index is 4.37. The molecule has 1 aliphatic carbocycles. The Kier molecular flexibility index (Phi) is 3.27. The molecule has 1 heterocycles. The summed E-state index contributed by atoms with van der Waals surface area (Å²) in [6.07, 6.45) is 6.75. The molecule has 1 saturated carbocycles. The zero-order chi connectivity index (χ0) is 9.80. The van der Waals surface area contributed by atoms with Crippen molar-refractivity contribution in [1.82, 2.24) is 10.6 Å². The van der Waals surface area contributed by atoms with Gasteiger partial charge in [-0.15, -0.1) is 0 Å². The first-order chi connectivity index (χ1) is 6.84. The van der Waals surface area contributed by atoms with Crippen LogP contribution < -0.4 is 10.6 Å². The molecule has 1 fully saturated rings. The lowest BCUT2D eigenvalue weighted by Gasteiger charge is -2.17. The summed E-state index contributed by atoms with van der Waals surface area (Å²) in [6.45, 7) is 4.31. The molecule has 1 aliphatic heterocycles. The first-order valence-electron chi connectivity index (χ1n) is 5.89. The van der Waals surface area contributed by atoms with Crippen LogP contribution in [0.4, 0.5) is 0 Å². The van der Waals surface area contributed by atoms with Crippen LogP contribution in [0.15, 0.2) is 4.99 Å². The molecule has 2 rings (SSSR count). The molecule has 3 heteroatoms. The van der Waals surface area contributed by atoms with Gasteiger partial charge in [-0.3, -0.25) is 4.99 Å². The Hall–Kier alpha value is -0.730. The summed E-state index contributed by atoms with van der Waals surface area (Å²) in [4.78, 5) is 4.37. The van der Waals surface area contributed by atoms with E-state index in [4.69, 9.17) is 0 Å². The second-order valence-corrected chi connectivity index (χ2v) is 4.61. The zero-order valence-corrected chi connectivity index (χ0v) is 9.05. The smallest absolute Gasteiger partial charge is 0.191 e.